The monoisotopic (exact) mass is 203 g/mol. The normalized spacial score (nSPS) is 9.93. The lowest BCUT2D eigenvalue weighted by Gasteiger charge is -2.04. The maximum atomic E-state index is 12.8. The van der Waals surface area contributed by atoms with Crippen LogP contribution in [0.15, 0.2) is 42.7 Å². The molecule has 2 rings (SSSR count). The van der Waals surface area contributed by atoms with Crippen LogP contribution in [0.1, 0.15) is 5.82 Å². The van der Waals surface area contributed by atoms with Crippen molar-refractivity contribution >= 4 is 5.69 Å². The number of hydrogen-bond donors (Lipinski definition) is 1. The second-order valence-electron chi connectivity index (χ2n) is 3.03. The molecule has 0 saturated heterocycles. The predicted molar refractivity (Wildman–Crippen MR) is 55.8 cm³/mol. The summed E-state index contributed by atoms with van der Waals surface area (Å²) in [4.78, 5) is 8.10. The maximum absolute atomic E-state index is 12.8. The Kier molecular flexibility index (Phi) is 2.88. The summed E-state index contributed by atoms with van der Waals surface area (Å²) in [5.74, 6) is 0.427. The van der Waals surface area contributed by atoms with Gasteiger partial charge in [0.2, 0.25) is 0 Å². The van der Waals surface area contributed by atoms with Crippen LogP contribution in [0.4, 0.5) is 10.1 Å². The van der Waals surface area contributed by atoms with Crippen molar-refractivity contribution in [2.24, 2.45) is 0 Å². The molecule has 2 aromatic rings. The number of nitrogens with zero attached hydrogens (tertiary/aromatic N) is 2. The first-order valence-electron chi connectivity index (χ1n) is 4.60. The summed E-state index contributed by atoms with van der Waals surface area (Å²) in [5, 5.41) is 3.04. The molecule has 0 radical (unpaired) electrons. The summed E-state index contributed by atoms with van der Waals surface area (Å²) in [6.45, 7) is 0.490. The third-order valence-electron chi connectivity index (χ3n) is 1.89. The van der Waals surface area contributed by atoms with Gasteiger partial charge < -0.3 is 5.32 Å². The number of hydrogen-bond acceptors (Lipinski definition) is 3. The summed E-state index contributed by atoms with van der Waals surface area (Å²) in [6, 6.07) is 8.05. The Morgan fingerprint density at radius 1 is 1.13 bits per heavy atom. The molecule has 0 unspecified atom stereocenters. The smallest absolute Gasteiger partial charge is 0.147 e. The molecule has 1 aromatic carbocycles. The van der Waals surface area contributed by atoms with Crippen LogP contribution in [-0.4, -0.2) is 9.97 Å². The molecule has 0 fully saturated rings. The minimum atomic E-state index is -0.256. The summed E-state index contributed by atoms with van der Waals surface area (Å²) in [6.07, 6.45) is 3.35. The zero-order valence-electron chi connectivity index (χ0n) is 8.02. The average molecular weight is 203 g/mol. The van der Waals surface area contributed by atoms with Gasteiger partial charge in [0.15, 0.2) is 0 Å². The van der Waals surface area contributed by atoms with Crippen LogP contribution in [-0.2, 0) is 6.54 Å². The van der Waals surface area contributed by atoms with Crippen molar-refractivity contribution in [3.05, 3.63) is 54.4 Å². The summed E-state index contributed by atoms with van der Waals surface area (Å²) in [5.41, 5.74) is 0.724. The van der Waals surface area contributed by atoms with Crippen LogP contribution in [0.3, 0.4) is 0 Å². The zero-order valence-corrected chi connectivity index (χ0v) is 8.02. The molecule has 0 spiro atoms. The lowest BCUT2D eigenvalue weighted by Crippen LogP contribution is -2.03. The first kappa shape index (κ1) is 9.58. The molecule has 15 heavy (non-hydrogen) atoms. The Bertz CT molecular complexity index is 431. The van der Waals surface area contributed by atoms with Crippen LogP contribution in [0.2, 0.25) is 0 Å². The van der Waals surface area contributed by atoms with E-state index in [1.165, 1.54) is 12.1 Å². The molecular weight excluding hydrogens is 193 g/mol. The fourth-order valence-electron chi connectivity index (χ4n) is 1.20. The molecule has 0 bridgehead atoms. The van der Waals surface area contributed by atoms with E-state index in [-0.39, 0.29) is 5.82 Å². The van der Waals surface area contributed by atoms with Gasteiger partial charge in [-0.15, -0.1) is 0 Å². The summed E-state index contributed by atoms with van der Waals surface area (Å²) >= 11 is 0. The largest absolute Gasteiger partial charge is 0.378 e. The highest BCUT2D eigenvalue weighted by Crippen LogP contribution is 2.09. The van der Waals surface area contributed by atoms with E-state index in [0.29, 0.717) is 12.4 Å². The minimum Gasteiger partial charge on any atom is -0.378 e. The number of rotatable bonds is 3. The van der Waals surface area contributed by atoms with Gasteiger partial charge in [0.05, 0.1) is 6.54 Å². The first-order chi connectivity index (χ1) is 7.34. The van der Waals surface area contributed by atoms with Gasteiger partial charge in [0, 0.05) is 18.1 Å². The quantitative estimate of drug-likeness (QED) is 0.831. The van der Waals surface area contributed by atoms with E-state index in [0.717, 1.165) is 5.69 Å². The Labute approximate surface area is 87.0 Å². The van der Waals surface area contributed by atoms with Crippen molar-refractivity contribution in [2.45, 2.75) is 6.54 Å². The SMILES string of the molecule is Fc1cccc(NCc2ncccn2)c1. The molecule has 0 aliphatic rings. The van der Waals surface area contributed by atoms with E-state index >= 15 is 0 Å². The highest BCUT2D eigenvalue weighted by Gasteiger charge is 1.96. The van der Waals surface area contributed by atoms with Crippen LogP contribution in [0.25, 0.3) is 0 Å². The van der Waals surface area contributed by atoms with E-state index < -0.39 is 0 Å². The Balaban J connectivity index is 1.99. The number of aromatic nitrogens is 2. The van der Waals surface area contributed by atoms with Crippen LogP contribution >= 0.6 is 0 Å². The number of nitrogens with one attached hydrogen (secondary N) is 1. The van der Waals surface area contributed by atoms with Gasteiger partial charge in [-0.1, -0.05) is 6.07 Å². The Morgan fingerprint density at radius 2 is 1.93 bits per heavy atom. The summed E-state index contributed by atoms with van der Waals surface area (Å²) in [7, 11) is 0. The van der Waals surface area contributed by atoms with E-state index in [4.69, 9.17) is 0 Å². The maximum Gasteiger partial charge on any atom is 0.147 e. The third-order valence-corrected chi connectivity index (χ3v) is 1.89. The second kappa shape index (κ2) is 4.50. The van der Waals surface area contributed by atoms with Crippen molar-refractivity contribution in [2.75, 3.05) is 5.32 Å². The van der Waals surface area contributed by atoms with Gasteiger partial charge in [-0.3, -0.25) is 0 Å². The van der Waals surface area contributed by atoms with Crippen LogP contribution in [0, 0.1) is 5.82 Å². The first-order valence-corrected chi connectivity index (χ1v) is 4.60. The van der Waals surface area contributed by atoms with Gasteiger partial charge in [-0.25, -0.2) is 14.4 Å². The molecule has 1 heterocycles. The highest BCUT2D eigenvalue weighted by atomic mass is 19.1. The molecular formula is C11H10FN3. The fraction of sp³-hybridized carbons (Fsp3) is 0.0909. The van der Waals surface area contributed by atoms with Gasteiger partial charge in [-0.05, 0) is 24.3 Å². The van der Waals surface area contributed by atoms with E-state index in [9.17, 15) is 4.39 Å². The standard InChI is InChI=1S/C11H10FN3/c12-9-3-1-4-10(7-9)15-8-11-13-5-2-6-14-11/h1-7,15H,8H2. The topological polar surface area (TPSA) is 37.8 Å². The molecule has 4 heteroatoms. The molecule has 0 aliphatic carbocycles. The lowest BCUT2D eigenvalue weighted by atomic mass is 10.3. The lowest BCUT2D eigenvalue weighted by molar-refractivity contribution is 0.628. The third kappa shape index (κ3) is 2.74. The molecule has 3 nitrogen and oxygen atoms in total. The van der Waals surface area contributed by atoms with Gasteiger partial charge in [0.1, 0.15) is 11.6 Å². The Morgan fingerprint density at radius 3 is 2.67 bits per heavy atom. The van der Waals surface area contributed by atoms with Crippen molar-refractivity contribution in [1.82, 2.24) is 9.97 Å². The molecule has 0 aliphatic heterocycles. The van der Waals surface area contributed by atoms with Crippen molar-refractivity contribution < 1.29 is 4.39 Å². The van der Waals surface area contributed by atoms with Crippen molar-refractivity contribution in [1.29, 1.82) is 0 Å². The van der Waals surface area contributed by atoms with E-state index in [1.807, 2.05) is 0 Å². The molecule has 76 valence electrons. The average Bonchev–Trinajstić information content (AvgIpc) is 2.28. The van der Waals surface area contributed by atoms with Gasteiger partial charge >= 0.3 is 0 Å². The van der Waals surface area contributed by atoms with E-state index in [2.05, 4.69) is 15.3 Å². The highest BCUT2D eigenvalue weighted by molar-refractivity contribution is 5.42. The number of benzene rings is 1. The molecule has 1 N–H and O–H groups in total. The predicted octanol–water partition coefficient (Wildman–Crippen LogP) is 2.23. The molecule has 0 amide bonds. The van der Waals surface area contributed by atoms with Crippen LogP contribution in [0.5, 0.6) is 0 Å². The fourth-order valence-corrected chi connectivity index (χ4v) is 1.20. The minimum absolute atomic E-state index is 0.256. The van der Waals surface area contributed by atoms with Crippen LogP contribution < -0.4 is 5.32 Å². The van der Waals surface area contributed by atoms with Gasteiger partial charge in [-0.2, -0.15) is 0 Å². The second-order valence-corrected chi connectivity index (χ2v) is 3.03. The number of halogens is 1. The Hall–Kier alpha value is -1.97. The van der Waals surface area contributed by atoms with Crippen molar-refractivity contribution in [3.63, 3.8) is 0 Å². The van der Waals surface area contributed by atoms with Gasteiger partial charge in [0.25, 0.3) is 0 Å². The molecule has 0 saturated carbocycles. The number of anilines is 1. The molecule has 0 atom stereocenters. The zero-order chi connectivity index (χ0) is 10.5. The van der Waals surface area contributed by atoms with E-state index in [1.54, 1.807) is 30.6 Å². The van der Waals surface area contributed by atoms with Crippen molar-refractivity contribution in [3.8, 4) is 0 Å². The molecule has 1 aromatic heterocycles. The summed E-state index contributed by atoms with van der Waals surface area (Å²) < 4.78 is 12.8.